The lowest BCUT2D eigenvalue weighted by molar-refractivity contribution is -0.384. The molecule has 1 aromatic heterocycles. The average molecular weight is 309 g/mol. The van der Waals surface area contributed by atoms with Gasteiger partial charge in [-0.3, -0.25) is 19.6 Å². The monoisotopic (exact) mass is 308 g/mol. The van der Waals surface area contributed by atoms with E-state index < -0.39 is 4.92 Å². The summed E-state index contributed by atoms with van der Waals surface area (Å²) in [4.78, 5) is 22.0. The van der Waals surface area contributed by atoms with Crippen molar-refractivity contribution < 1.29 is 9.72 Å². The summed E-state index contributed by atoms with van der Waals surface area (Å²) in [5.41, 5.74) is 1.06. The minimum atomic E-state index is -0.543. The van der Waals surface area contributed by atoms with Crippen molar-refractivity contribution in [3.8, 4) is 0 Å². The van der Waals surface area contributed by atoms with Crippen LogP contribution in [0.25, 0.3) is 0 Å². The Hall–Kier alpha value is -2.41. The van der Waals surface area contributed by atoms with Crippen LogP contribution < -0.4 is 5.32 Å². The van der Waals surface area contributed by atoms with Crippen molar-refractivity contribution in [2.75, 3.05) is 5.32 Å². The highest BCUT2D eigenvalue weighted by molar-refractivity contribution is 6.33. The molecule has 0 spiro atoms. The van der Waals surface area contributed by atoms with Crippen LogP contribution in [0, 0.1) is 17.0 Å². The molecule has 2 rings (SSSR count). The fourth-order valence-corrected chi connectivity index (χ4v) is 1.94. The maximum Gasteiger partial charge on any atom is 0.271 e. The van der Waals surface area contributed by atoms with E-state index in [0.29, 0.717) is 6.54 Å². The van der Waals surface area contributed by atoms with Crippen LogP contribution in [0.5, 0.6) is 0 Å². The Morgan fingerprint density at radius 1 is 1.48 bits per heavy atom. The van der Waals surface area contributed by atoms with Crippen molar-refractivity contribution in [1.82, 2.24) is 9.78 Å². The second-order valence-corrected chi connectivity index (χ2v) is 4.82. The van der Waals surface area contributed by atoms with Gasteiger partial charge in [0.05, 0.1) is 15.6 Å². The Morgan fingerprint density at radius 3 is 2.86 bits per heavy atom. The summed E-state index contributed by atoms with van der Waals surface area (Å²) in [5.74, 6) is -0.285. The molecule has 8 heteroatoms. The highest BCUT2D eigenvalue weighted by atomic mass is 35.5. The summed E-state index contributed by atoms with van der Waals surface area (Å²) in [6.45, 7) is 2.32. The number of non-ortho nitro benzene ring substituents is 1. The second kappa shape index (κ2) is 6.36. The molecular formula is C13H13ClN4O3. The van der Waals surface area contributed by atoms with Crippen molar-refractivity contribution >= 4 is 28.9 Å². The molecule has 1 amide bonds. The molecule has 0 aliphatic heterocycles. The van der Waals surface area contributed by atoms with Crippen LogP contribution in [-0.4, -0.2) is 20.6 Å². The lowest BCUT2D eigenvalue weighted by Gasteiger charge is -2.08. The normalized spacial score (nSPS) is 10.4. The first-order valence-electron chi connectivity index (χ1n) is 6.19. The Kier molecular flexibility index (Phi) is 4.54. The van der Waals surface area contributed by atoms with E-state index in [1.165, 1.54) is 18.2 Å². The lowest BCUT2D eigenvalue weighted by atomic mass is 10.2. The first-order chi connectivity index (χ1) is 9.97. The summed E-state index contributed by atoms with van der Waals surface area (Å²) in [5, 5.41) is 17.6. The third-order valence-electron chi connectivity index (χ3n) is 2.91. The molecule has 0 fully saturated rings. The lowest BCUT2D eigenvalue weighted by Crippen LogP contribution is -2.15. The topological polar surface area (TPSA) is 90.1 Å². The molecule has 0 aliphatic carbocycles. The van der Waals surface area contributed by atoms with Crippen LogP contribution in [-0.2, 0) is 11.3 Å². The number of hydrogen-bond acceptors (Lipinski definition) is 4. The largest absolute Gasteiger partial charge is 0.325 e. The van der Waals surface area contributed by atoms with Gasteiger partial charge in [-0.2, -0.15) is 5.10 Å². The van der Waals surface area contributed by atoms with Crippen molar-refractivity contribution in [3.05, 3.63) is 51.3 Å². The zero-order valence-electron chi connectivity index (χ0n) is 11.2. The Labute approximate surface area is 125 Å². The predicted octanol–water partition coefficient (Wildman–Crippen LogP) is 2.78. The van der Waals surface area contributed by atoms with Gasteiger partial charge >= 0.3 is 0 Å². The average Bonchev–Trinajstić information content (AvgIpc) is 2.84. The van der Waals surface area contributed by atoms with E-state index in [4.69, 9.17) is 11.6 Å². The molecule has 0 bridgehead atoms. The molecule has 7 nitrogen and oxygen atoms in total. The third-order valence-corrected chi connectivity index (χ3v) is 3.24. The molecule has 0 atom stereocenters. The number of carbonyl (C=O) groups excluding carboxylic acids is 1. The van der Waals surface area contributed by atoms with Crippen LogP contribution in [0.3, 0.4) is 0 Å². The third kappa shape index (κ3) is 3.79. The first kappa shape index (κ1) is 15.0. The number of nitro groups is 1. The standard InChI is InChI=1S/C13H13ClN4O3/c1-9-4-6-15-17(9)7-5-13(19)16-12-8-10(18(20)21)2-3-11(12)14/h2-4,6,8H,5,7H2,1H3,(H,16,19). The Morgan fingerprint density at radius 2 is 2.24 bits per heavy atom. The van der Waals surface area contributed by atoms with Crippen LogP contribution in [0.15, 0.2) is 30.5 Å². The Balaban J connectivity index is 2.01. The minimum Gasteiger partial charge on any atom is -0.325 e. The van der Waals surface area contributed by atoms with Gasteiger partial charge in [0.1, 0.15) is 0 Å². The number of halogens is 1. The van der Waals surface area contributed by atoms with Gasteiger partial charge in [-0.1, -0.05) is 11.6 Å². The van der Waals surface area contributed by atoms with E-state index in [2.05, 4.69) is 10.4 Å². The van der Waals surface area contributed by atoms with Gasteiger partial charge in [0, 0.05) is 37.0 Å². The van der Waals surface area contributed by atoms with Crippen molar-refractivity contribution in [2.45, 2.75) is 19.9 Å². The second-order valence-electron chi connectivity index (χ2n) is 4.42. The highest BCUT2D eigenvalue weighted by Crippen LogP contribution is 2.26. The van der Waals surface area contributed by atoms with E-state index in [-0.39, 0.29) is 28.7 Å². The number of carbonyl (C=O) groups is 1. The summed E-state index contributed by atoms with van der Waals surface area (Å²) >= 11 is 5.92. The number of rotatable bonds is 5. The van der Waals surface area contributed by atoms with E-state index in [1.807, 2.05) is 13.0 Å². The number of nitrogens with zero attached hydrogens (tertiary/aromatic N) is 3. The molecule has 21 heavy (non-hydrogen) atoms. The summed E-state index contributed by atoms with van der Waals surface area (Å²) in [7, 11) is 0. The van der Waals surface area contributed by atoms with Gasteiger partial charge in [-0.25, -0.2) is 0 Å². The van der Waals surface area contributed by atoms with Crippen LogP contribution in [0.1, 0.15) is 12.1 Å². The number of nitrogens with one attached hydrogen (secondary N) is 1. The van der Waals surface area contributed by atoms with Gasteiger partial charge in [-0.15, -0.1) is 0 Å². The molecule has 0 saturated heterocycles. The quantitative estimate of drug-likeness (QED) is 0.679. The van der Waals surface area contributed by atoms with Crippen molar-refractivity contribution in [2.24, 2.45) is 0 Å². The number of aryl methyl sites for hydroxylation is 2. The zero-order chi connectivity index (χ0) is 15.4. The number of aromatic nitrogens is 2. The van der Waals surface area contributed by atoms with E-state index in [0.717, 1.165) is 5.69 Å². The number of nitro benzene ring substituents is 1. The van der Waals surface area contributed by atoms with Gasteiger partial charge in [0.2, 0.25) is 5.91 Å². The van der Waals surface area contributed by atoms with Crippen LogP contribution in [0.4, 0.5) is 11.4 Å². The van der Waals surface area contributed by atoms with Crippen LogP contribution in [0.2, 0.25) is 5.02 Å². The number of hydrogen-bond donors (Lipinski definition) is 1. The summed E-state index contributed by atoms with van der Waals surface area (Å²) in [6, 6.07) is 5.74. The minimum absolute atomic E-state index is 0.127. The first-order valence-corrected chi connectivity index (χ1v) is 6.57. The molecular weight excluding hydrogens is 296 g/mol. The molecule has 1 N–H and O–H groups in total. The summed E-state index contributed by atoms with van der Waals surface area (Å²) < 4.78 is 1.70. The molecule has 2 aromatic rings. The maximum atomic E-state index is 11.9. The predicted molar refractivity (Wildman–Crippen MR) is 78.3 cm³/mol. The Bertz CT molecular complexity index is 684. The molecule has 110 valence electrons. The van der Waals surface area contributed by atoms with Gasteiger partial charge in [0.15, 0.2) is 0 Å². The molecule has 1 heterocycles. The van der Waals surface area contributed by atoms with E-state index in [1.54, 1.807) is 10.9 Å². The van der Waals surface area contributed by atoms with E-state index in [9.17, 15) is 14.9 Å². The zero-order valence-corrected chi connectivity index (χ0v) is 12.0. The van der Waals surface area contributed by atoms with E-state index >= 15 is 0 Å². The van der Waals surface area contributed by atoms with Crippen LogP contribution >= 0.6 is 11.6 Å². The van der Waals surface area contributed by atoms with Crippen molar-refractivity contribution in [1.29, 1.82) is 0 Å². The molecule has 0 unspecified atom stereocenters. The number of anilines is 1. The fraction of sp³-hybridized carbons (Fsp3) is 0.231. The SMILES string of the molecule is Cc1ccnn1CCC(=O)Nc1cc([N+](=O)[O-])ccc1Cl. The van der Waals surface area contributed by atoms with Gasteiger partial charge in [0.25, 0.3) is 5.69 Å². The number of benzene rings is 1. The van der Waals surface area contributed by atoms with Gasteiger partial charge in [-0.05, 0) is 19.1 Å². The van der Waals surface area contributed by atoms with Gasteiger partial charge < -0.3 is 5.32 Å². The maximum absolute atomic E-state index is 11.9. The molecule has 1 aromatic carbocycles. The number of amides is 1. The molecule has 0 radical (unpaired) electrons. The smallest absolute Gasteiger partial charge is 0.271 e. The molecule has 0 aliphatic rings. The highest BCUT2D eigenvalue weighted by Gasteiger charge is 2.12. The molecule has 0 saturated carbocycles. The fourth-order valence-electron chi connectivity index (χ4n) is 1.78. The summed E-state index contributed by atoms with van der Waals surface area (Å²) in [6.07, 6.45) is 1.85. The van der Waals surface area contributed by atoms with Crippen molar-refractivity contribution in [3.63, 3.8) is 0 Å².